The van der Waals surface area contributed by atoms with Crippen molar-refractivity contribution in [1.29, 1.82) is 0 Å². The monoisotopic (exact) mass is 143 g/mol. The molecule has 0 bridgehead atoms. The number of halogens is 1. The van der Waals surface area contributed by atoms with Crippen molar-refractivity contribution in [2.45, 2.75) is 12.4 Å². The van der Waals surface area contributed by atoms with Crippen molar-refractivity contribution in [3.8, 4) is 0 Å². The van der Waals surface area contributed by atoms with Crippen LogP contribution in [-0.4, -0.2) is 34.3 Å². The Morgan fingerprint density at radius 2 is 1.62 bits per heavy atom. The Bertz CT molecular complexity index is 51.8. The Labute approximate surface area is 53.3 Å². The summed E-state index contributed by atoms with van der Waals surface area (Å²) < 4.78 is 0. The molecule has 8 heavy (non-hydrogen) atoms. The second-order valence-corrected chi connectivity index (χ2v) is 1.27. The first kappa shape index (κ1) is 11.0. The van der Waals surface area contributed by atoms with Crippen LogP contribution in [0.15, 0.2) is 0 Å². The van der Waals surface area contributed by atoms with Gasteiger partial charge in [-0.05, 0) is 0 Å². The zero-order chi connectivity index (χ0) is 5.86. The van der Waals surface area contributed by atoms with Crippen LogP contribution in [0.1, 0.15) is 0 Å². The molecule has 0 aromatic carbocycles. The summed E-state index contributed by atoms with van der Waals surface area (Å²) in [4.78, 5) is 0. The summed E-state index contributed by atoms with van der Waals surface area (Å²) in [6, 6.07) is 0. The average Bonchev–Trinajstić information content (AvgIpc) is 1.65. The van der Waals surface area contributed by atoms with E-state index in [0.717, 1.165) is 0 Å². The number of aliphatic hydroxyl groups is 3. The standard InChI is InChI=1S/C3H9NO3.ClH/c4-1-2(5)3(6)7;/h2-3,5-7H,1,4H2;1H. The molecule has 0 fully saturated rings. The predicted molar refractivity (Wildman–Crippen MR) is 22.0 cm³/mol. The quantitative estimate of drug-likeness (QED) is 0.290. The van der Waals surface area contributed by atoms with Crippen molar-refractivity contribution < 1.29 is 33.5 Å². The van der Waals surface area contributed by atoms with Crippen LogP contribution in [0.3, 0.4) is 0 Å². The van der Waals surface area contributed by atoms with Gasteiger partial charge in [0.15, 0.2) is 12.4 Å². The summed E-state index contributed by atoms with van der Waals surface area (Å²) in [5.74, 6) is 0. The first-order chi connectivity index (χ1) is 3.18. The van der Waals surface area contributed by atoms with E-state index >= 15 is 0 Å². The van der Waals surface area contributed by atoms with Gasteiger partial charge in [-0.3, -0.25) is 0 Å². The van der Waals surface area contributed by atoms with Gasteiger partial charge in [-0.1, -0.05) is 0 Å². The SMILES string of the molecule is [Cl-].[NH3+]CC(O)C(O)O. The molecule has 1 atom stereocenters. The van der Waals surface area contributed by atoms with Crippen LogP contribution in [-0.2, 0) is 0 Å². The van der Waals surface area contributed by atoms with E-state index in [-0.39, 0.29) is 19.0 Å². The molecule has 4 nitrogen and oxygen atoms in total. The van der Waals surface area contributed by atoms with Crippen LogP contribution in [0.4, 0.5) is 0 Å². The van der Waals surface area contributed by atoms with Gasteiger partial charge in [-0.15, -0.1) is 0 Å². The fraction of sp³-hybridized carbons (Fsp3) is 1.00. The minimum Gasteiger partial charge on any atom is -1.00 e. The van der Waals surface area contributed by atoms with Gasteiger partial charge in [0, 0.05) is 0 Å². The highest BCUT2D eigenvalue weighted by atomic mass is 35.5. The molecule has 0 aliphatic rings. The summed E-state index contributed by atoms with van der Waals surface area (Å²) >= 11 is 0. The van der Waals surface area contributed by atoms with Crippen LogP contribution in [0.25, 0.3) is 0 Å². The largest absolute Gasteiger partial charge is 1.00 e. The third-order valence-corrected chi connectivity index (χ3v) is 0.640. The van der Waals surface area contributed by atoms with Gasteiger partial charge in [0.1, 0.15) is 6.54 Å². The Morgan fingerprint density at radius 3 is 1.62 bits per heavy atom. The summed E-state index contributed by atoms with van der Waals surface area (Å²) in [7, 11) is 0. The van der Waals surface area contributed by atoms with E-state index < -0.39 is 12.4 Å². The highest BCUT2D eigenvalue weighted by Crippen LogP contribution is 1.80. The molecule has 0 spiro atoms. The van der Waals surface area contributed by atoms with Gasteiger partial charge in [-0.2, -0.15) is 0 Å². The van der Waals surface area contributed by atoms with Crippen LogP contribution >= 0.6 is 0 Å². The summed E-state index contributed by atoms with van der Waals surface area (Å²) in [5.41, 5.74) is 3.24. The molecular weight excluding hydrogens is 133 g/mol. The fourth-order valence-corrected chi connectivity index (χ4v) is 0.149. The molecule has 0 rings (SSSR count). The molecule has 0 aromatic heterocycles. The van der Waals surface area contributed by atoms with Gasteiger partial charge >= 0.3 is 0 Å². The molecule has 0 heterocycles. The zero-order valence-electron chi connectivity index (χ0n) is 4.29. The maximum atomic E-state index is 8.37. The zero-order valence-corrected chi connectivity index (χ0v) is 5.04. The van der Waals surface area contributed by atoms with E-state index in [2.05, 4.69) is 5.73 Å². The molecule has 5 heteroatoms. The molecule has 0 radical (unpaired) electrons. The van der Waals surface area contributed by atoms with E-state index in [9.17, 15) is 0 Å². The molecule has 0 aliphatic heterocycles. The van der Waals surface area contributed by atoms with Gasteiger partial charge in [0.2, 0.25) is 0 Å². The number of rotatable bonds is 2. The third-order valence-electron chi connectivity index (χ3n) is 0.640. The summed E-state index contributed by atoms with van der Waals surface area (Å²) in [6.45, 7) is 0.123. The van der Waals surface area contributed by atoms with E-state index in [1.165, 1.54) is 0 Å². The maximum Gasteiger partial charge on any atom is 0.183 e. The third kappa shape index (κ3) is 4.29. The lowest BCUT2D eigenvalue weighted by Gasteiger charge is -2.05. The average molecular weight is 144 g/mol. The summed E-state index contributed by atoms with van der Waals surface area (Å²) in [5, 5.41) is 24.5. The lowest BCUT2D eigenvalue weighted by molar-refractivity contribution is -0.394. The molecule has 0 aromatic rings. The first-order valence-electron chi connectivity index (χ1n) is 2.02. The summed E-state index contributed by atoms with van der Waals surface area (Å²) in [6.07, 6.45) is -2.74. The second kappa shape index (κ2) is 5.27. The van der Waals surface area contributed by atoms with Gasteiger partial charge < -0.3 is 33.5 Å². The lowest BCUT2D eigenvalue weighted by atomic mass is 10.3. The minimum atomic E-state index is -1.64. The topological polar surface area (TPSA) is 88.3 Å². The van der Waals surface area contributed by atoms with Crippen LogP contribution in [0.5, 0.6) is 0 Å². The number of hydrogen-bond acceptors (Lipinski definition) is 3. The van der Waals surface area contributed by atoms with Gasteiger partial charge in [0.25, 0.3) is 0 Å². The number of hydrogen-bond donors (Lipinski definition) is 4. The van der Waals surface area contributed by atoms with Gasteiger partial charge in [-0.25, -0.2) is 0 Å². The highest BCUT2D eigenvalue weighted by molar-refractivity contribution is 4.49. The Morgan fingerprint density at radius 1 is 1.25 bits per heavy atom. The molecule has 6 N–H and O–H groups in total. The molecule has 0 aliphatic carbocycles. The van der Waals surface area contributed by atoms with Crippen LogP contribution in [0, 0.1) is 0 Å². The van der Waals surface area contributed by atoms with Crippen molar-refractivity contribution in [2.75, 3.05) is 6.54 Å². The second-order valence-electron chi connectivity index (χ2n) is 1.27. The lowest BCUT2D eigenvalue weighted by Crippen LogP contribution is -3.00. The number of quaternary nitrogens is 1. The minimum absolute atomic E-state index is 0. The van der Waals surface area contributed by atoms with Crippen molar-refractivity contribution in [1.82, 2.24) is 0 Å². The Balaban J connectivity index is 0. The molecule has 52 valence electrons. The Kier molecular flexibility index (Phi) is 7.25. The molecule has 0 saturated heterocycles. The Hall–Kier alpha value is 0.130. The van der Waals surface area contributed by atoms with Crippen molar-refractivity contribution in [3.63, 3.8) is 0 Å². The van der Waals surface area contributed by atoms with E-state index in [0.29, 0.717) is 0 Å². The van der Waals surface area contributed by atoms with Crippen LogP contribution < -0.4 is 18.1 Å². The van der Waals surface area contributed by atoms with Crippen molar-refractivity contribution in [3.05, 3.63) is 0 Å². The van der Waals surface area contributed by atoms with Gasteiger partial charge in [0.05, 0.1) is 0 Å². The maximum absolute atomic E-state index is 8.37. The van der Waals surface area contributed by atoms with E-state index in [1.807, 2.05) is 0 Å². The molecule has 0 amide bonds. The fourth-order valence-electron chi connectivity index (χ4n) is 0.149. The molecular formula is C3H10ClNO3. The van der Waals surface area contributed by atoms with Crippen LogP contribution in [0.2, 0.25) is 0 Å². The number of aliphatic hydroxyl groups excluding tert-OH is 2. The smallest absolute Gasteiger partial charge is 0.183 e. The van der Waals surface area contributed by atoms with Crippen molar-refractivity contribution >= 4 is 0 Å². The highest BCUT2D eigenvalue weighted by Gasteiger charge is 2.10. The van der Waals surface area contributed by atoms with Crippen molar-refractivity contribution in [2.24, 2.45) is 0 Å². The molecule has 1 unspecified atom stereocenters. The first-order valence-corrected chi connectivity index (χ1v) is 2.02. The normalized spacial score (nSPS) is 13.1. The van der Waals surface area contributed by atoms with E-state index in [4.69, 9.17) is 15.3 Å². The predicted octanol–water partition coefficient (Wildman–Crippen LogP) is -6.10. The molecule has 0 saturated carbocycles. The van der Waals surface area contributed by atoms with E-state index in [1.54, 1.807) is 0 Å².